The van der Waals surface area contributed by atoms with Crippen molar-refractivity contribution in [2.24, 2.45) is 0 Å². The Hall–Kier alpha value is -1.81. The van der Waals surface area contributed by atoms with Crippen LogP contribution in [0.5, 0.6) is 0 Å². The van der Waals surface area contributed by atoms with E-state index in [0.717, 1.165) is 12.3 Å². The largest absolute Gasteiger partial charge is 0.279 e. The van der Waals surface area contributed by atoms with Crippen LogP contribution in [-0.2, 0) is 20.0 Å². The van der Waals surface area contributed by atoms with E-state index in [2.05, 4.69) is 4.72 Å². The van der Waals surface area contributed by atoms with E-state index >= 15 is 0 Å². The molecule has 0 aliphatic carbocycles. The van der Waals surface area contributed by atoms with E-state index in [4.69, 9.17) is 23.2 Å². The van der Waals surface area contributed by atoms with Gasteiger partial charge in [-0.1, -0.05) is 35.3 Å². The van der Waals surface area contributed by atoms with Gasteiger partial charge in [-0.25, -0.2) is 21.6 Å². The van der Waals surface area contributed by atoms with Crippen molar-refractivity contribution in [2.75, 3.05) is 11.0 Å². The van der Waals surface area contributed by atoms with Gasteiger partial charge in [-0.2, -0.15) is 0 Å². The predicted molar refractivity (Wildman–Crippen MR) is 96.0 cm³/mol. The fraction of sp³-hybridized carbons (Fsp3) is 0.0714. The molecular formula is C14H12Cl2N2O5S2. The maximum Gasteiger partial charge on any atom is 0.266 e. The highest BCUT2D eigenvalue weighted by molar-refractivity contribution is 7.92. The minimum Gasteiger partial charge on any atom is -0.279 e. The zero-order valence-electron chi connectivity index (χ0n) is 12.7. The highest BCUT2D eigenvalue weighted by atomic mass is 35.5. The molecule has 0 bridgehead atoms. The number of benzene rings is 2. The SMILES string of the molecule is CS(=O)(=O)NC(=O)c1ccccc1NS(=O)(=O)c1ccc(Cl)c(Cl)c1. The van der Waals surface area contributed by atoms with Gasteiger partial charge >= 0.3 is 0 Å². The molecule has 0 unspecified atom stereocenters. The summed E-state index contributed by atoms with van der Waals surface area (Å²) in [6.07, 6.45) is 0.813. The second-order valence-corrected chi connectivity index (χ2v) is 9.18. The third-order valence-corrected chi connectivity index (χ3v) is 5.55. The Morgan fingerprint density at radius 3 is 2.20 bits per heavy atom. The van der Waals surface area contributed by atoms with Gasteiger partial charge in [0.1, 0.15) is 0 Å². The molecule has 134 valence electrons. The van der Waals surface area contributed by atoms with Crippen molar-refractivity contribution in [1.82, 2.24) is 4.72 Å². The maximum absolute atomic E-state index is 12.5. The van der Waals surface area contributed by atoms with Crippen LogP contribution in [-0.4, -0.2) is 29.0 Å². The summed E-state index contributed by atoms with van der Waals surface area (Å²) in [6.45, 7) is 0. The van der Waals surface area contributed by atoms with Gasteiger partial charge in [0.15, 0.2) is 0 Å². The number of carbonyl (C=O) groups is 1. The number of hydrogen-bond acceptors (Lipinski definition) is 5. The van der Waals surface area contributed by atoms with Gasteiger partial charge in [-0.05, 0) is 30.3 Å². The highest BCUT2D eigenvalue weighted by Gasteiger charge is 2.20. The number of carbonyl (C=O) groups excluding carboxylic acids is 1. The molecule has 7 nitrogen and oxygen atoms in total. The maximum atomic E-state index is 12.5. The van der Waals surface area contributed by atoms with Gasteiger partial charge in [-0.3, -0.25) is 9.52 Å². The molecule has 0 atom stereocenters. The van der Waals surface area contributed by atoms with E-state index in [1.54, 1.807) is 4.72 Å². The van der Waals surface area contributed by atoms with Crippen LogP contribution < -0.4 is 9.44 Å². The van der Waals surface area contributed by atoms with E-state index in [-0.39, 0.29) is 26.2 Å². The molecular weight excluding hydrogens is 411 g/mol. The predicted octanol–water partition coefficient (Wildman–Crippen LogP) is 2.48. The smallest absolute Gasteiger partial charge is 0.266 e. The molecule has 2 rings (SSSR count). The molecule has 0 aromatic heterocycles. The Kier molecular flexibility index (Phi) is 5.62. The summed E-state index contributed by atoms with van der Waals surface area (Å²) in [5.41, 5.74) is -0.244. The number of anilines is 1. The van der Waals surface area contributed by atoms with E-state index < -0.39 is 26.0 Å². The first-order valence-electron chi connectivity index (χ1n) is 6.58. The fourth-order valence-electron chi connectivity index (χ4n) is 1.84. The summed E-state index contributed by atoms with van der Waals surface area (Å²) in [5.74, 6) is -0.963. The van der Waals surface area contributed by atoms with Gasteiger partial charge in [-0.15, -0.1) is 0 Å². The number of hydrogen-bond donors (Lipinski definition) is 2. The minimum atomic E-state index is -4.07. The van der Waals surface area contributed by atoms with Crippen molar-refractivity contribution >= 4 is 54.8 Å². The second-order valence-electron chi connectivity index (χ2n) is 4.93. The van der Waals surface area contributed by atoms with Gasteiger partial charge in [0.2, 0.25) is 10.0 Å². The Bertz CT molecular complexity index is 1040. The normalized spacial score (nSPS) is 11.8. The molecule has 0 radical (unpaired) electrons. The summed E-state index contributed by atoms with van der Waals surface area (Å²) in [6, 6.07) is 9.29. The molecule has 2 aromatic rings. The van der Waals surface area contributed by atoms with E-state index in [0.29, 0.717) is 0 Å². The summed E-state index contributed by atoms with van der Waals surface area (Å²) < 4.78 is 51.3. The van der Waals surface area contributed by atoms with Crippen molar-refractivity contribution in [1.29, 1.82) is 0 Å². The lowest BCUT2D eigenvalue weighted by Crippen LogP contribution is -2.30. The molecule has 2 aromatic carbocycles. The molecule has 1 amide bonds. The third-order valence-electron chi connectivity index (χ3n) is 2.90. The minimum absolute atomic E-state index is 0.0487. The summed E-state index contributed by atoms with van der Waals surface area (Å²) >= 11 is 11.6. The van der Waals surface area contributed by atoms with Crippen LogP contribution in [0.1, 0.15) is 10.4 Å². The standard InChI is InChI=1S/C14H12Cl2N2O5S2/c1-24(20,21)18-14(19)10-4-2-3-5-13(10)17-25(22,23)9-6-7-11(15)12(16)8-9/h2-8,17H,1H3,(H,18,19). The van der Waals surface area contributed by atoms with Crippen LogP contribution in [0.25, 0.3) is 0 Å². The van der Waals surface area contributed by atoms with Crippen LogP contribution in [0, 0.1) is 0 Å². The van der Waals surface area contributed by atoms with Crippen LogP contribution >= 0.6 is 23.2 Å². The van der Waals surface area contributed by atoms with Crippen molar-refractivity contribution in [2.45, 2.75) is 4.90 Å². The summed E-state index contributed by atoms with van der Waals surface area (Å²) in [7, 11) is -7.88. The third kappa shape index (κ3) is 5.08. The van der Waals surface area contributed by atoms with Crippen molar-refractivity contribution in [3.05, 3.63) is 58.1 Å². The van der Waals surface area contributed by atoms with Gasteiger partial charge in [0, 0.05) is 0 Å². The second kappa shape index (κ2) is 7.20. The first-order chi connectivity index (χ1) is 11.5. The van der Waals surface area contributed by atoms with Gasteiger partial charge < -0.3 is 0 Å². The van der Waals surface area contributed by atoms with Crippen LogP contribution in [0.2, 0.25) is 10.0 Å². The Labute approximate surface area is 155 Å². The Morgan fingerprint density at radius 2 is 1.60 bits per heavy atom. The molecule has 0 spiro atoms. The molecule has 0 saturated heterocycles. The molecule has 0 fully saturated rings. The highest BCUT2D eigenvalue weighted by Crippen LogP contribution is 2.26. The zero-order valence-corrected chi connectivity index (χ0v) is 15.8. The lowest BCUT2D eigenvalue weighted by Gasteiger charge is -2.12. The molecule has 0 heterocycles. The zero-order chi connectivity index (χ0) is 18.8. The number of amides is 1. The number of para-hydroxylation sites is 1. The fourth-order valence-corrected chi connectivity index (χ4v) is 3.76. The quantitative estimate of drug-likeness (QED) is 0.768. The summed E-state index contributed by atoms with van der Waals surface area (Å²) in [5, 5.41) is 0.237. The number of nitrogens with one attached hydrogen (secondary N) is 2. The number of halogens is 2. The molecule has 0 aliphatic rings. The van der Waals surface area contributed by atoms with E-state index in [9.17, 15) is 21.6 Å². The summed E-state index contributed by atoms with van der Waals surface area (Å²) in [4.78, 5) is 11.9. The first-order valence-corrected chi connectivity index (χ1v) is 10.7. The lowest BCUT2D eigenvalue weighted by molar-refractivity contribution is 0.0982. The van der Waals surface area contributed by atoms with Crippen LogP contribution in [0.4, 0.5) is 5.69 Å². The molecule has 2 N–H and O–H groups in total. The molecule has 0 aliphatic heterocycles. The van der Waals surface area contributed by atoms with E-state index in [1.165, 1.54) is 36.4 Å². The molecule has 25 heavy (non-hydrogen) atoms. The molecule has 11 heteroatoms. The molecule has 0 saturated carbocycles. The van der Waals surface area contributed by atoms with Crippen molar-refractivity contribution in [3.63, 3.8) is 0 Å². The van der Waals surface area contributed by atoms with Crippen LogP contribution in [0.15, 0.2) is 47.4 Å². The average Bonchev–Trinajstić information content (AvgIpc) is 2.48. The van der Waals surface area contributed by atoms with Crippen molar-refractivity contribution < 1.29 is 21.6 Å². The van der Waals surface area contributed by atoms with Gasteiger partial charge in [0.25, 0.3) is 15.9 Å². The first kappa shape index (κ1) is 19.5. The van der Waals surface area contributed by atoms with E-state index in [1.807, 2.05) is 0 Å². The van der Waals surface area contributed by atoms with Crippen molar-refractivity contribution in [3.8, 4) is 0 Å². The number of sulfonamides is 2. The Morgan fingerprint density at radius 1 is 0.960 bits per heavy atom. The van der Waals surface area contributed by atoms with Crippen LogP contribution in [0.3, 0.4) is 0 Å². The topological polar surface area (TPSA) is 109 Å². The Balaban J connectivity index is 2.40. The average molecular weight is 423 g/mol. The van der Waals surface area contributed by atoms with Gasteiger partial charge in [0.05, 0.1) is 32.4 Å². The lowest BCUT2D eigenvalue weighted by atomic mass is 10.2. The monoisotopic (exact) mass is 422 g/mol. The number of rotatable bonds is 5.